The minimum atomic E-state index is -1.19. The van der Waals surface area contributed by atoms with Crippen molar-refractivity contribution in [1.82, 2.24) is 0 Å². The summed E-state index contributed by atoms with van der Waals surface area (Å²) >= 11 is 0. The summed E-state index contributed by atoms with van der Waals surface area (Å²) in [6.07, 6.45) is 2.92. The maximum atomic E-state index is 14.0. The molecule has 0 amide bonds. The average molecular weight is 376 g/mol. The average Bonchev–Trinajstić information content (AvgIpc) is 2.64. The molecular formula is C21H23F3N2O. The van der Waals surface area contributed by atoms with Crippen LogP contribution in [0.5, 0.6) is 5.75 Å². The van der Waals surface area contributed by atoms with E-state index in [1.165, 1.54) is 0 Å². The van der Waals surface area contributed by atoms with E-state index in [0.29, 0.717) is 25.5 Å². The van der Waals surface area contributed by atoms with Gasteiger partial charge in [-0.1, -0.05) is 12.1 Å². The maximum absolute atomic E-state index is 14.0. The Labute approximate surface area is 157 Å². The first kappa shape index (κ1) is 19.3. The number of nitrogens with zero attached hydrogens (tertiary/aromatic N) is 1. The van der Waals surface area contributed by atoms with Gasteiger partial charge in [-0.2, -0.15) is 0 Å². The van der Waals surface area contributed by atoms with Crippen LogP contribution in [-0.2, 0) is 0 Å². The number of nitrogens with two attached hydrogens (primary N) is 1. The topological polar surface area (TPSA) is 38.5 Å². The van der Waals surface area contributed by atoms with Gasteiger partial charge in [0.05, 0.1) is 0 Å². The second kappa shape index (κ2) is 8.05. The zero-order chi connectivity index (χ0) is 19.6. The zero-order valence-corrected chi connectivity index (χ0v) is 15.4. The van der Waals surface area contributed by atoms with Crippen LogP contribution >= 0.6 is 0 Å². The molecule has 0 aliphatic heterocycles. The summed E-state index contributed by atoms with van der Waals surface area (Å²) in [5.41, 5.74) is 8.38. The van der Waals surface area contributed by atoms with Crippen molar-refractivity contribution in [3.8, 4) is 5.75 Å². The standard InChI is InChI=1S/C21H23F3N2O/c1-26(2)14-4-3-5-15(9-14)27-12-13-6-7-16(21(25)8-13)17-10-19(23)20(24)11-18(17)22/h3-6,9-11,16,21H,7-8,12,25H2,1-2H3. The van der Waals surface area contributed by atoms with Gasteiger partial charge in [0.1, 0.15) is 18.2 Å². The Kier molecular flexibility index (Phi) is 5.75. The first-order chi connectivity index (χ1) is 12.8. The summed E-state index contributed by atoms with van der Waals surface area (Å²) in [7, 11) is 3.92. The van der Waals surface area contributed by atoms with Gasteiger partial charge in [0.15, 0.2) is 11.6 Å². The fourth-order valence-corrected chi connectivity index (χ4v) is 3.32. The van der Waals surface area contributed by atoms with E-state index in [-0.39, 0.29) is 17.5 Å². The molecule has 2 aromatic rings. The maximum Gasteiger partial charge on any atom is 0.161 e. The van der Waals surface area contributed by atoms with Crippen LogP contribution in [0.4, 0.5) is 18.9 Å². The quantitative estimate of drug-likeness (QED) is 0.622. The predicted octanol–water partition coefficient (Wildman–Crippen LogP) is 4.38. The minimum absolute atomic E-state index is 0.122. The van der Waals surface area contributed by atoms with Crippen molar-refractivity contribution in [2.45, 2.75) is 24.8 Å². The van der Waals surface area contributed by atoms with Crippen LogP contribution in [0, 0.1) is 17.5 Å². The third kappa shape index (κ3) is 4.45. The molecule has 0 fully saturated rings. The van der Waals surface area contributed by atoms with Gasteiger partial charge in [0.25, 0.3) is 0 Å². The molecule has 3 rings (SSSR count). The molecule has 0 radical (unpaired) electrons. The Hall–Kier alpha value is -2.47. The molecule has 0 saturated heterocycles. The first-order valence-corrected chi connectivity index (χ1v) is 8.83. The van der Waals surface area contributed by atoms with Crippen molar-refractivity contribution < 1.29 is 17.9 Å². The van der Waals surface area contributed by atoms with E-state index in [1.807, 2.05) is 49.3 Å². The van der Waals surface area contributed by atoms with Crippen LogP contribution in [0.15, 0.2) is 48.0 Å². The summed E-state index contributed by atoms with van der Waals surface area (Å²) in [6, 6.07) is 8.85. The summed E-state index contributed by atoms with van der Waals surface area (Å²) in [5.74, 6) is -2.64. The Bertz CT molecular complexity index is 851. The van der Waals surface area contributed by atoms with Crippen molar-refractivity contribution in [2.24, 2.45) is 5.73 Å². The van der Waals surface area contributed by atoms with E-state index in [4.69, 9.17) is 10.5 Å². The van der Waals surface area contributed by atoms with Gasteiger partial charge in [-0.3, -0.25) is 0 Å². The van der Waals surface area contributed by atoms with Crippen LogP contribution in [0.3, 0.4) is 0 Å². The number of hydrogen-bond donors (Lipinski definition) is 1. The lowest BCUT2D eigenvalue weighted by molar-refractivity contribution is 0.335. The Morgan fingerprint density at radius 2 is 1.81 bits per heavy atom. The summed E-state index contributed by atoms with van der Waals surface area (Å²) in [4.78, 5) is 1.99. The molecular weight excluding hydrogens is 353 g/mol. The predicted molar refractivity (Wildman–Crippen MR) is 101 cm³/mol. The molecule has 0 heterocycles. The number of ether oxygens (including phenoxy) is 1. The third-order valence-corrected chi connectivity index (χ3v) is 4.87. The van der Waals surface area contributed by atoms with Crippen molar-refractivity contribution in [3.63, 3.8) is 0 Å². The van der Waals surface area contributed by atoms with Gasteiger partial charge >= 0.3 is 0 Å². The number of benzene rings is 2. The Morgan fingerprint density at radius 1 is 1.07 bits per heavy atom. The molecule has 6 heteroatoms. The highest BCUT2D eigenvalue weighted by Crippen LogP contribution is 2.34. The molecule has 0 bridgehead atoms. The van der Waals surface area contributed by atoms with Crippen molar-refractivity contribution in [1.29, 1.82) is 0 Å². The molecule has 2 N–H and O–H groups in total. The molecule has 2 unspecified atom stereocenters. The molecule has 3 nitrogen and oxygen atoms in total. The monoisotopic (exact) mass is 376 g/mol. The van der Waals surface area contributed by atoms with Gasteiger partial charge in [0.2, 0.25) is 0 Å². The normalized spacial score (nSPS) is 19.6. The summed E-state index contributed by atoms with van der Waals surface area (Å²) in [6.45, 7) is 0.386. The van der Waals surface area contributed by atoms with Gasteiger partial charge < -0.3 is 15.4 Å². The van der Waals surface area contributed by atoms with E-state index in [1.54, 1.807) is 0 Å². The van der Waals surface area contributed by atoms with Crippen molar-refractivity contribution in [3.05, 3.63) is 71.1 Å². The van der Waals surface area contributed by atoms with Gasteiger partial charge in [-0.25, -0.2) is 13.2 Å². The van der Waals surface area contributed by atoms with Crippen LogP contribution in [-0.4, -0.2) is 26.7 Å². The molecule has 1 aliphatic rings. The van der Waals surface area contributed by atoms with Crippen molar-refractivity contribution >= 4 is 5.69 Å². The second-order valence-electron chi connectivity index (χ2n) is 7.04. The first-order valence-electron chi connectivity index (χ1n) is 8.83. The van der Waals surface area contributed by atoms with E-state index in [2.05, 4.69) is 0 Å². The van der Waals surface area contributed by atoms with E-state index < -0.39 is 17.5 Å². The number of allylic oxidation sites excluding steroid dienone is 1. The van der Waals surface area contributed by atoms with Crippen LogP contribution < -0.4 is 15.4 Å². The SMILES string of the molecule is CN(C)c1cccc(OCC2=CCC(c3cc(F)c(F)cc3F)C(N)C2)c1. The van der Waals surface area contributed by atoms with Gasteiger partial charge in [-0.15, -0.1) is 0 Å². The largest absolute Gasteiger partial charge is 0.489 e. The van der Waals surface area contributed by atoms with Gasteiger partial charge in [0, 0.05) is 43.9 Å². The van der Waals surface area contributed by atoms with E-state index >= 15 is 0 Å². The molecule has 0 aromatic heterocycles. The highest BCUT2D eigenvalue weighted by molar-refractivity contribution is 5.49. The fraction of sp³-hybridized carbons (Fsp3) is 0.333. The molecule has 0 saturated carbocycles. The number of anilines is 1. The lowest BCUT2D eigenvalue weighted by Crippen LogP contribution is -2.33. The van der Waals surface area contributed by atoms with Gasteiger partial charge in [-0.05, 0) is 42.2 Å². The fourth-order valence-electron chi connectivity index (χ4n) is 3.32. The minimum Gasteiger partial charge on any atom is -0.489 e. The van der Waals surface area contributed by atoms with Crippen LogP contribution in [0.1, 0.15) is 24.3 Å². The molecule has 27 heavy (non-hydrogen) atoms. The molecule has 144 valence electrons. The van der Waals surface area contributed by atoms with Crippen molar-refractivity contribution in [2.75, 3.05) is 25.6 Å². The number of halogens is 3. The lowest BCUT2D eigenvalue weighted by Gasteiger charge is -2.29. The second-order valence-corrected chi connectivity index (χ2v) is 7.04. The van der Waals surface area contributed by atoms with E-state index in [0.717, 1.165) is 23.1 Å². The molecule has 0 spiro atoms. The molecule has 1 aliphatic carbocycles. The zero-order valence-electron chi connectivity index (χ0n) is 15.4. The van der Waals surface area contributed by atoms with Crippen LogP contribution in [0.25, 0.3) is 0 Å². The summed E-state index contributed by atoms with van der Waals surface area (Å²) < 4.78 is 46.5. The lowest BCUT2D eigenvalue weighted by atomic mass is 9.81. The summed E-state index contributed by atoms with van der Waals surface area (Å²) in [5, 5.41) is 0. The van der Waals surface area contributed by atoms with E-state index in [9.17, 15) is 13.2 Å². The number of hydrogen-bond acceptors (Lipinski definition) is 3. The highest BCUT2D eigenvalue weighted by Gasteiger charge is 2.28. The highest BCUT2D eigenvalue weighted by atomic mass is 19.2. The number of rotatable bonds is 5. The Balaban J connectivity index is 1.67. The van der Waals surface area contributed by atoms with Crippen LogP contribution in [0.2, 0.25) is 0 Å². The Morgan fingerprint density at radius 3 is 2.52 bits per heavy atom. The molecule has 2 atom stereocenters. The molecule has 2 aromatic carbocycles. The smallest absolute Gasteiger partial charge is 0.161 e. The third-order valence-electron chi connectivity index (χ3n) is 4.87.